The van der Waals surface area contributed by atoms with E-state index in [0.717, 1.165) is 37.7 Å². The third kappa shape index (κ3) is 5.34. The second kappa shape index (κ2) is 8.83. The van der Waals surface area contributed by atoms with Gasteiger partial charge in [-0.15, -0.1) is 0 Å². The van der Waals surface area contributed by atoms with Crippen LogP contribution in [0.1, 0.15) is 61.4 Å². The molecule has 1 aromatic rings. The monoisotopic (exact) mass is 332 g/mol. The number of benzene rings is 1. The molecule has 0 aromatic heterocycles. The maximum absolute atomic E-state index is 11.9. The van der Waals surface area contributed by atoms with Gasteiger partial charge in [0, 0.05) is 17.8 Å². The van der Waals surface area contributed by atoms with Gasteiger partial charge in [0.1, 0.15) is 0 Å². The van der Waals surface area contributed by atoms with Gasteiger partial charge in [-0.2, -0.15) is 0 Å². The lowest BCUT2D eigenvalue weighted by Crippen LogP contribution is -2.31. The van der Waals surface area contributed by atoms with Crippen molar-refractivity contribution in [2.75, 3.05) is 11.9 Å². The predicted molar refractivity (Wildman–Crippen MR) is 95.4 cm³/mol. The van der Waals surface area contributed by atoms with Crippen molar-refractivity contribution in [3.05, 3.63) is 29.3 Å². The van der Waals surface area contributed by atoms with Crippen molar-refractivity contribution >= 4 is 17.5 Å². The highest BCUT2D eigenvalue weighted by atomic mass is 16.3. The minimum absolute atomic E-state index is 0.0217. The zero-order chi connectivity index (χ0) is 17.5. The normalized spacial score (nSPS) is 20.5. The Bertz CT molecular complexity index is 586. The highest BCUT2D eigenvalue weighted by molar-refractivity contribution is 5.96. The van der Waals surface area contributed by atoms with Gasteiger partial charge in [0.2, 0.25) is 0 Å². The fourth-order valence-electron chi connectivity index (χ4n) is 3.40. The molecule has 2 rings (SSSR count). The summed E-state index contributed by atoms with van der Waals surface area (Å²) in [6.07, 6.45) is 5.98. The molecule has 0 bridgehead atoms. The first-order valence-electron chi connectivity index (χ1n) is 8.82. The first-order valence-corrected chi connectivity index (χ1v) is 8.82. The summed E-state index contributed by atoms with van der Waals surface area (Å²) in [5.41, 5.74) is 2.20. The van der Waals surface area contributed by atoms with Crippen LogP contribution >= 0.6 is 0 Å². The van der Waals surface area contributed by atoms with E-state index >= 15 is 0 Å². The van der Waals surface area contributed by atoms with Crippen LogP contribution < -0.4 is 10.6 Å². The number of urea groups is 1. The summed E-state index contributed by atoms with van der Waals surface area (Å²) in [7, 11) is 0. The van der Waals surface area contributed by atoms with Crippen LogP contribution in [0.15, 0.2) is 18.2 Å². The maximum atomic E-state index is 11.9. The van der Waals surface area contributed by atoms with E-state index in [1.54, 1.807) is 18.2 Å². The topological polar surface area (TPSA) is 78.4 Å². The number of aliphatic hydroxyl groups is 1. The van der Waals surface area contributed by atoms with E-state index in [1.165, 1.54) is 13.3 Å². The average molecular weight is 332 g/mol. The van der Waals surface area contributed by atoms with Crippen LogP contribution in [0, 0.1) is 12.8 Å². The fourth-order valence-corrected chi connectivity index (χ4v) is 3.40. The van der Waals surface area contributed by atoms with Crippen LogP contribution in [0.2, 0.25) is 0 Å². The lowest BCUT2D eigenvalue weighted by Gasteiger charge is -2.27. The van der Waals surface area contributed by atoms with E-state index in [-0.39, 0.29) is 17.9 Å². The van der Waals surface area contributed by atoms with E-state index < -0.39 is 0 Å². The van der Waals surface area contributed by atoms with Gasteiger partial charge in [0.05, 0.1) is 6.10 Å². The first kappa shape index (κ1) is 18.5. The molecule has 2 amide bonds. The Labute approximate surface area is 143 Å². The van der Waals surface area contributed by atoms with Crippen LogP contribution in [0.25, 0.3) is 0 Å². The molecule has 3 N–H and O–H groups in total. The number of hydrogen-bond donors (Lipinski definition) is 3. The standard InChI is InChI=1S/C19H28N2O3/c1-13-12-16(9-10-17(13)14(2)22)21-19(24)20-11-5-7-15-6-3-4-8-18(15)23/h9-10,12,15,18,23H,3-8,11H2,1-2H3,(H2,20,21,24). The number of rotatable bonds is 6. The van der Waals surface area contributed by atoms with E-state index in [9.17, 15) is 14.7 Å². The Morgan fingerprint density at radius 1 is 1.25 bits per heavy atom. The Hall–Kier alpha value is -1.88. The van der Waals surface area contributed by atoms with Gasteiger partial charge in [0.25, 0.3) is 0 Å². The third-order valence-corrected chi connectivity index (χ3v) is 4.77. The van der Waals surface area contributed by atoms with Crippen molar-refractivity contribution in [2.24, 2.45) is 5.92 Å². The minimum Gasteiger partial charge on any atom is -0.393 e. The Kier molecular flexibility index (Phi) is 6.79. The van der Waals surface area contributed by atoms with E-state index in [2.05, 4.69) is 10.6 Å². The second-order valence-electron chi connectivity index (χ2n) is 6.72. The molecule has 0 heterocycles. The van der Waals surface area contributed by atoms with E-state index in [1.807, 2.05) is 6.92 Å². The Morgan fingerprint density at radius 2 is 2.00 bits per heavy atom. The number of nitrogens with one attached hydrogen (secondary N) is 2. The van der Waals surface area contributed by atoms with E-state index in [0.29, 0.717) is 23.7 Å². The average Bonchev–Trinajstić information content (AvgIpc) is 2.53. The number of hydrogen-bond acceptors (Lipinski definition) is 3. The number of aryl methyl sites for hydroxylation is 1. The zero-order valence-electron chi connectivity index (χ0n) is 14.6. The minimum atomic E-state index is -0.242. The molecule has 0 spiro atoms. The van der Waals surface area contributed by atoms with Gasteiger partial charge in [-0.05, 0) is 69.2 Å². The maximum Gasteiger partial charge on any atom is 0.319 e. The van der Waals surface area contributed by atoms with Gasteiger partial charge in [-0.1, -0.05) is 12.8 Å². The molecule has 0 radical (unpaired) electrons. The quantitative estimate of drug-likeness (QED) is 0.549. The number of carbonyl (C=O) groups excluding carboxylic acids is 2. The van der Waals surface area contributed by atoms with Crippen molar-refractivity contribution in [2.45, 2.75) is 58.5 Å². The zero-order valence-corrected chi connectivity index (χ0v) is 14.6. The summed E-state index contributed by atoms with van der Waals surface area (Å²) >= 11 is 0. The van der Waals surface area contributed by atoms with Crippen molar-refractivity contribution < 1.29 is 14.7 Å². The van der Waals surface area contributed by atoms with Gasteiger partial charge in [0.15, 0.2) is 5.78 Å². The molecule has 1 aliphatic carbocycles. The molecule has 132 valence electrons. The van der Waals surface area contributed by atoms with Crippen LogP contribution in [0.5, 0.6) is 0 Å². The highest BCUT2D eigenvalue weighted by Gasteiger charge is 2.22. The number of anilines is 1. The van der Waals surface area contributed by atoms with Gasteiger partial charge in [-0.25, -0.2) is 4.79 Å². The van der Waals surface area contributed by atoms with Gasteiger partial charge < -0.3 is 15.7 Å². The molecule has 2 unspecified atom stereocenters. The van der Waals surface area contributed by atoms with Crippen molar-refractivity contribution in [3.8, 4) is 0 Å². The summed E-state index contributed by atoms with van der Waals surface area (Å²) in [6.45, 7) is 3.99. The SMILES string of the molecule is CC(=O)c1ccc(NC(=O)NCCCC2CCCCC2O)cc1C. The predicted octanol–water partition coefficient (Wildman–Crippen LogP) is 3.65. The smallest absolute Gasteiger partial charge is 0.319 e. The molecule has 1 fully saturated rings. The lowest BCUT2D eigenvalue weighted by molar-refractivity contribution is 0.0644. The van der Waals surface area contributed by atoms with Crippen LogP contribution in [0.3, 0.4) is 0 Å². The molecule has 0 aliphatic heterocycles. The number of aliphatic hydroxyl groups excluding tert-OH is 1. The largest absolute Gasteiger partial charge is 0.393 e. The summed E-state index contributed by atoms with van der Waals surface area (Å²) in [5.74, 6) is 0.402. The molecule has 1 aromatic carbocycles. The van der Waals surface area contributed by atoms with E-state index in [4.69, 9.17) is 0 Å². The van der Waals surface area contributed by atoms with Gasteiger partial charge in [-0.3, -0.25) is 4.79 Å². The fraction of sp³-hybridized carbons (Fsp3) is 0.579. The van der Waals surface area contributed by atoms with Crippen molar-refractivity contribution in [1.82, 2.24) is 5.32 Å². The molecule has 0 saturated heterocycles. The summed E-state index contributed by atoms with van der Waals surface area (Å²) in [4.78, 5) is 23.3. The second-order valence-corrected chi connectivity index (χ2v) is 6.72. The third-order valence-electron chi connectivity index (χ3n) is 4.77. The van der Waals surface area contributed by atoms with Crippen LogP contribution in [0.4, 0.5) is 10.5 Å². The number of ketones is 1. The summed E-state index contributed by atoms with van der Waals surface area (Å²) < 4.78 is 0. The summed E-state index contributed by atoms with van der Waals surface area (Å²) in [5, 5.41) is 15.6. The van der Waals surface area contributed by atoms with Gasteiger partial charge >= 0.3 is 6.03 Å². The molecular formula is C19H28N2O3. The summed E-state index contributed by atoms with van der Waals surface area (Å²) in [6, 6.07) is 5.03. The Morgan fingerprint density at radius 3 is 2.67 bits per heavy atom. The highest BCUT2D eigenvalue weighted by Crippen LogP contribution is 2.27. The van der Waals surface area contributed by atoms with Crippen molar-refractivity contribution in [1.29, 1.82) is 0 Å². The number of carbonyl (C=O) groups is 2. The molecule has 2 atom stereocenters. The molecule has 1 saturated carbocycles. The lowest BCUT2D eigenvalue weighted by atomic mass is 9.83. The molecule has 5 nitrogen and oxygen atoms in total. The Balaban J connectivity index is 1.71. The van der Waals surface area contributed by atoms with Crippen LogP contribution in [-0.4, -0.2) is 29.6 Å². The molecular weight excluding hydrogens is 304 g/mol. The molecule has 5 heteroatoms. The van der Waals surface area contributed by atoms with Crippen molar-refractivity contribution in [3.63, 3.8) is 0 Å². The number of amides is 2. The van der Waals surface area contributed by atoms with Crippen LogP contribution in [-0.2, 0) is 0 Å². The molecule has 1 aliphatic rings. The number of Topliss-reactive ketones (excluding diaryl/α,β-unsaturated/α-hetero) is 1. The first-order chi connectivity index (χ1) is 11.5. The molecule has 24 heavy (non-hydrogen) atoms.